The number of H-pyrrole nitrogens is 1. The van der Waals surface area contributed by atoms with Gasteiger partial charge in [0.05, 0.1) is 6.33 Å². The third-order valence-corrected chi connectivity index (χ3v) is 2.71. The molecule has 1 aliphatic heterocycles. The van der Waals surface area contributed by atoms with Crippen LogP contribution in [0.25, 0.3) is 0 Å². The molecule has 0 saturated carbocycles. The van der Waals surface area contributed by atoms with Crippen molar-refractivity contribution in [3.8, 4) is 0 Å². The number of nitrogens with one attached hydrogen (secondary N) is 2. The van der Waals surface area contributed by atoms with Crippen molar-refractivity contribution in [3.63, 3.8) is 0 Å². The zero-order valence-corrected chi connectivity index (χ0v) is 7.38. The van der Waals surface area contributed by atoms with Gasteiger partial charge in [0.2, 0.25) is 0 Å². The molecule has 2 N–H and O–H groups in total. The summed E-state index contributed by atoms with van der Waals surface area (Å²) >= 11 is 0. The second-order valence-corrected chi connectivity index (χ2v) is 3.37. The van der Waals surface area contributed by atoms with Crippen LogP contribution in [0, 0.1) is 0 Å². The highest BCUT2D eigenvalue weighted by Crippen LogP contribution is 2.27. The Balaban J connectivity index is 2.13. The lowest BCUT2D eigenvalue weighted by Crippen LogP contribution is -2.24. The lowest BCUT2D eigenvalue weighted by molar-refractivity contribution is 0.524. The summed E-state index contributed by atoms with van der Waals surface area (Å²) in [5.41, 5.74) is 1.28. The van der Waals surface area contributed by atoms with Crippen LogP contribution in [0.5, 0.6) is 0 Å². The first-order chi connectivity index (χ1) is 5.92. The maximum atomic E-state index is 4.05. The van der Waals surface area contributed by atoms with Gasteiger partial charge in [0.25, 0.3) is 0 Å². The van der Waals surface area contributed by atoms with Crippen LogP contribution in [-0.4, -0.2) is 22.6 Å². The first-order valence-corrected chi connectivity index (χ1v) is 4.63. The molecule has 0 aliphatic carbocycles. The summed E-state index contributed by atoms with van der Waals surface area (Å²) in [7, 11) is 0. The van der Waals surface area contributed by atoms with E-state index in [9.17, 15) is 0 Å². The van der Waals surface area contributed by atoms with Gasteiger partial charge >= 0.3 is 0 Å². The summed E-state index contributed by atoms with van der Waals surface area (Å²) in [6, 6.07) is 0.644. The number of hydrogen-bond donors (Lipinski definition) is 2. The van der Waals surface area contributed by atoms with Crippen LogP contribution in [0.15, 0.2) is 12.5 Å². The molecular formula is C9H15N3. The zero-order valence-electron chi connectivity index (χ0n) is 7.38. The lowest BCUT2D eigenvalue weighted by atomic mass is 9.96. The Morgan fingerprint density at radius 2 is 2.58 bits per heavy atom. The predicted molar refractivity (Wildman–Crippen MR) is 48.0 cm³/mol. The molecule has 3 heteroatoms. The number of aromatic amines is 1. The van der Waals surface area contributed by atoms with E-state index < -0.39 is 0 Å². The Labute approximate surface area is 72.6 Å². The Bertz CT molecular complexity index is 230. The van der Waals surface area contributed by atoms with Gasteiger partial charge in [-0.15, -0.1) is 0 Å². The van der Waals surface area contributed by atoms with E-state index in [1.165, 1.54) is 18.5 Å². The highest BCUT2D eigenvalue weighted by molar-refractivity contribution is 5.10. The summed E-state index contributed by atoms with van der Waals surface area (Å²) in [6.07, 6.45) is 6.14. The maximum absolute atomic E-state index is 4.05. The van der Waals surface area contributed by atoms with Crippen molar-refractivity contribution in [2.75, 3.05) is 6.54 Å². The van der Waals surface area contributed by atoms with E-state index >= 15 is 0 Å². The van der Waals surface area contributed by atoms with Crippen LogP contribution in [-0.2, 0) is 0 Å². The molecule has 0 bridgehead atoms. The first kappa shape index (κ1) is 7.80. The fourth-order valence-corrected chi connectivity index (χ4v) is 2.04. The monoisotopic (exact) mass is 165 g/mol. The minimum atomic E-state index is 0.644. The maximum Gasteiger partial charge on any atom is 0.0921 e. The third-order valence-electron chi connectivity index (χ3n) is 2.71. The molecule has 2 rings (SSSR count). The minimum absolute atomic E-state index is 0.644. The fourth-order valence-electron chi connectivity index (χ4n) is 2.04. The molecule has 1 aliphatic rings. The SMILES string of the molecule is CCC1NCCC1c1cnc[nH]1. The van der Waals surface area contributed by atoms with Crippen molar-refractivity contribution in [1.29, 1.82) is 0 Å². The van der Waals surface area contributed by atoms with Crippen molar-refractivity contribution >= 4 is 0 Å². The molecule has 2 heterocycles. The molecular weight excluding hydrogens is 150 g/mol. The van der Waals surface area contributed by atoms with Crippen LogP contribution in [0.4, 0.5) is 0 Å². The van der Waals surface area contributed by atoms with Crippen molar-refractivity contribution in [1.82, 2.24) is 15.3 Å². The molecule has 66 valence electrons. The van der Waals surface area contributed by atoms with Gasteiger partial charge in [-0.05, 0) is 19.4 Å². The van der Waals surface area contributed by atoms with E-state index in [2.05, 4.69) is 22.2 Å². The standard InChI is InChI=1S/C9H15N3/c1-2-8-7(3-4-11-8)9-5-10-6-12-9/h5-8,11H,2-4H2,1H3,(H,10,12). The van der Waals surface area contributed by atoms with E-state index in [1.54, 1.807) is 6.33 Å². The van der Waals surface area contributed by atoms with E-state index in [1.807, 2.05) is 6.20 Å². The van der Waals surface area contributed by atoms with Crippen molar-refractivity contribution in [2.24, 2.45) is 0 Å². The average molecular weight is 165 g/mol. The van der Waals surface area contributed by atoms with E-state index in [4.69, 9.17) is 0 Å². The molecule has 0 radical (unpaired) electrons. The summed E-state index contributed by atoms with van der Waals surface area (Å²) in [5.74, 6) is 0.650. The number of hydrogen-bond acceptors (Lipinski definition) is 2. The molecule has 0 spiro atoms. The van der Waals surface area contributed by atoms with Gasteiger partial charge in [-0.25, -0.2) is 4.98 Å². The lowest BCUT2D eigenvalue weighted by Gasteiger charge is -2.15. The number of aromatic nitrogens is 2. The number of imidazole rings is 1. The van der Waals surface area contributed by atoms with Gasteiger partial charge in [0, 0.05) is 23.9 Å². The quantitative estimate of drug-likeness (QED) is 0.692. The second-order valence-electron chi connectivity index (χ2n) is 3.37. The van der Waals surface area contributed by atoms with Crippen LogP contribution in [0.2, 0.25) is 0 Å². The summed E-state index contributed by atoms with van der Waals surface area (Å²) in [5, 5.41) is 3.50. The fraction of sp³-hybridized carbons (Fsp3) is 0.667. The van der Waals surface area contributed by atoms with Crippen molar-refractivity contribution < 1.29 is 0 Å². The Hall–Kier alpha value is -0.830. The van der Waals surface area contributed by atoms with Gasteiger partial charge < -0.3 is 10.3 Å². The normalized spacial score (nSPS) is 29.4. The van der Waals surface area contributed by atoms with Crippen LogP contribution < -0.4 is 5.32 Å². The second kappa shape index (κ2) is 3.27. The van der Waals surface area contributed by atoms with Gasteiger partial charge in [-0.3, -0.25) is 0 Å². The largest absolute Gasteiger partial charge is 0.348 e. The van der Waals surface area contributed by atoms with Crippen LogP contribution in [0.3, 0.4) is 0 Å². The highest BCUT2D eigenvalue weighted by Gasteiger charge is 2.27. The Morgan fingerprint density at radius 3 is 3.25 bits per heavy atom. The topological polar surface area (TPSA) is 40.7 Å². The summed E-state index contributed by atoms with van der Waals surface area (Å²) < 4.78 is 0. The molecule has 1 saturated heterocycles. The van der Waals surface area contributed by atoms with Gasteiger partial charge in [-0.2, -0.15) is 0 Å². The van der Waals surface area contributed by atoms with Gasteiger partial charge in [-0.1, -0.05) is 6.92 Å². The Morgan fingerprint density at radius 1 is 1.67 bits per heavy atom. The molecule has 12 heavy (non-hydrogen) atoms. The average Bonchev–Trinajstić information content (AvgIpc) is 2.74. The van der Waals surface area contributed by atoms with Crippen LogP contribution in [0.1, 0.15) is 31.4 Å². The van der Waals surface area contributed by atoms with Crippen LogP contribution >= 0.6 is 0 Å². The summed E-state index contributed by atoms with van der Waals surface area (Å²) in [4.78, 5) is 7.24. The molecule has 1 aromatic heterocycles. The smallest absolute Gasteiger partial charge is 0.0921 e. The van der Waals surface area contributed by atoms with E-state index in [-0.39, 0.29) is 0 Å². The molecule has 1 aromatic rings. The molecule has 2 unspecified atom stereocenters. The first-order valence-electron chi connectivity index (χ1n) is 4.63. The van der Waals surface area contributed by atoms with Crippen molar-refractivity contribution in [3.05, 3.63) is 18.2 Å². The highest BCUT2D eigenvalue weighted by atomic mass is 15.0. The van der Waals surface area contributed by atoms with Gasteiger partial charge in [0.1, 0.15) is 0 Å². The number of rotatable bonds is 2. The number of nitrogens with zero attached hydrogens (tertiary/aromatic N) is 1. The predicted octanol–water partition coefficient (Wildman–Crippen LogP) is 1.27. The molecule has 0 aromatic carbocycles. The summed E-state index contributed by atoms with van der Waals surface area (Å²) in [6.45, 7) is 3.37. The van der Waals surface area contributed by atoms with E-state index in [0.29, 0.717) is 12.0 Å². The molecule has 3 nitrogen and oxygen atoms in total. The minimum Gasteiger partial charge on any atom is -0.348 e. The Kier molecular flexibility index (Phi) is 2.13. The molecule has 2 atom stereocenters. The molecule has 0 amide bonds. The van der Waals surface area contributed by atoms with Crippen molar-refractivity contribution in [2.45, 2.75) is 31.7 Å². The zero-order chi connectivity index (χ0) is 8.39. The van der Waals surface area contributed by atoms with E-state index in [0.717, 1.165) is 6.54 Å². The van der Waals surface area contributed by atoms with Gasteiger partial charge in [0.15, 0.2) is 0 Å². The third kappa shape index (κ3) is 1.25. The molecule has 1 fully saturated rings.